The lowest BCUT2D eigenvalue weighted by Gasteiger charge is -2.18. The van der Waals surface area contributed by atoms with Crippen LogP contribution in [0.1, 0.15) is 39.2 Å². The second kappa shape index (κ2) is 5.18. The molecule has 0 heterocycles. The second-order valence-electron chi connectivity index (χ2n) is 6.29. The molecule has 1 aromatic carbocycles. The van der Waals surface area contributed by atoms with Crippen molar-refractivity contribution in [1.82, 2.24) is 5.32 Å². The Morgan fingerprint density at radius 1 is 1.39 bits per heavy atom. The molecule has 1 saturated carbocycles. The molecule has 2 rings (SSSR count). The molecule has 100 valence electrons. The summed E-state index contributed by atoms with van der Waals surface area (Å²) in [6.07, 6.45) is 2.46. The van der Waals surface area contributed by atoms with E-state index in [2.05, 4.69) is 26.1 Å². The van der Waals surface area contributed by atoms with Gasteiger partial charge in [0, 0.05) is 12.6 Å². The van der Waals surface area contributed by atoms with Gasteiger partial charge in [-0.2, -0.15) is 0 Å². The van der Waals surface area contributed by atoms with Crippen LogP contribution in [0, 0.1) is 17.2 Å². The first-order valence-electron chi connectivity index (χ1n) is 6.55. The van der Waals surface area contributed by atoms with Gasteiger partial charge in [0.2, 0.25) is 0 Å². The van der Waals surface area contributed by atoms with Crippen LogP contribution < -0.4 is 5.32 Å². The minimum absolute atomic E-state index is 0.203. The molecule has 0 amide bonds. The summed E-state index contributed by atoms with van der Waals surface area (Å²) in [4.78, 5) is 0. The van der Waals surface area contributed by atoms with E-state index in [9.17, 15) is 4.39 Å². The van der Waals surface area contributed by atoms with Gasteiger partial charge in [0.25, 0.3) is 0 Å². The highest BCUT2D eigenvalue weighted by Crippen LogP contribution is 2.40. The standard InChI is InChI=1S/C15H21ClFN/c1-10-7-15(2,3)8-14(10)18-9-11-4-5-13(17)12(16)6-11/h4-6,10,14,18H,7-9H2,1-3H3. The van der Waals surface area contributed by atoms with E-state index in [1.165, 1.54) is 18.9 Å². The highest BCUT2D eigenvalue weighted by molar-refractivity contribution is 6.30. The fourth-order valence-corrected chi connectivity index (χ4v) is 3.27. The topological polar surface area (TPSA) is 12.0 Å². The molecule has 0 aliphatic heterocycles. The molecule has 18 heavy (non-hydrogen) atoms. The Morgan fingerprint density at radius 3 is 2.67 bits per heavy atom. The third-order valence-corrected chi connectivity index (χ3v) is 4.18. The number of rotatable bonds is 3. The number of halogens is 2. The van der Waals surface area contributed by atoms with Crippen LogP contribution in [0.3, 0.4) is 0 Å². The molecule has 2 unspecified atom stereocenters. The molecule has 0 saturated heterocycles. The molecular formula is C15H21ClFN. The minimum Gasteiger partial charge on any atom is -0.310 e. The van der Waals surface area contributed by atoms with Crippen molar-refractivity contribution in [2.24, 2.45) is 11.3 Å². The van der Waals surface area contributed by atoms with Crippen LogP contribution in [-0.2, 0) is 6.54 Å². The molecule has 1 aliphatic rings. The predicted octanol–water partition coefficient (Wildman–Crippen LogP) is 4.39. The Kier molecular flexibility index (Phi) is 3.98. The number of hydrogen-bond donors (Lipinski definition) is 1. The van der Waals surface area contributed by atoms with Gasteiger partial charge in [-0.1, -0.05) is 38.4 Å². The van der Waals surface area contributed by atoms with Crippen LogP contribution in [0.2, 0.25) is 5.02 Å². The summed E-state index contributed by atoms with van der Waals surface area (Å²) in [6, 6.07) is 5.47. The Hall–Kier alpha value is -0.600. The third-order valence-electron chi connectivity index (χ3n) is 3.89. The van der Waals surface area contributed by atoms with Gasteiger partial charge in [-0.15, -0.1) is 0 Å². The maximum atomic E-state index is 13.1. The predicted molar refractivity (Wildman–Crippen MR) is 74.2 cm³/mol. The van der Waals surface area contributed by atoms with Gasteiger partial charge >= 0.3 is 0 Å². The highest BCUT2D eigenvalue weighted by Gasteiger charge is 2.36. The van der Waals surface area contributed by atoms with Gasteiger partial charge in [-0.25, -0.2) is 4.39 Å². The van der Waals surface area contributed by atoms with Crippen LogP contribution in [0.25, 0.3) is 0 Å². The summed E-state index contributed by atoms with van der Waals surface area (Å²) in [5.41, 5.74) is 1.47. The van der Waals surface area contributed by atoms with Crippen molar-refractivity contribution < 1.29 is 4.39 Å². The molecule has 3 heteroatoms. The number of nitrogens with one attached hydrogen (secondary N) is 1. The maximum Gasteiger partial charge on any atom is 0.141 e. The SMILES string of the molecule is CC1CC(C)(C)CC1NCc1ccc(F)c(Cl)c1. The van der Waals surface area contributed by atoms with Crippen LogP contribution in [0.15, 0.2) is 18.2 Å². The van der Waals surface area contributed by atoms with E-state index in [1.807, 2.05) is 0 Å². The smallest absolute Gasteiger partial charge is 0.141 e. The highest BCUT2D eigenvalue weighted by atomic mass is 35.5. The lowest BCUT2D eigenvalue weighted by molar-refractivity contribution is 0.362. The average molecular weight is 270 g/mol. The van der Waals surface area contributed by atoms with E-state index in [0.29, 0.717) is 17.4 Å². The Balaban J connectivity index is 1.94. The Labute approximate surface area is 114 Å². The Bertz CT molecular complexity index is 431. The van der Waals surface area contributed by atoms with E-state index in [1.54, 1.807) is 12.1 Å². The van der Waals surface area contributed by atoms with E-state index in [4.69, 9.17) is 11.6 Å². The monoisotopic (exact) mass is 269 g/mol. The first-order chi connectivity index (χ1) is 8.37. The zero-order valence-corrected chi connectivity index (χ0v) is 12.0. The van der Waals surface area contributed by atoms with Crippen LogP contribution in [0.4, 0.5) is 4.39 Å². The van der Waals surface area contributed by atoms with Crippen molar-refractivity contribution >= 4 is 11.6 Å². The van der Waals surface area contributed by atoms with Crippen molar-refractivity contribution in [2.75, 3.05) is 0 Å². The van der Waals surface area contributed by atoms with E-state index >= 15 is 0 Å². The molecule has 0 spiro atoms. The quantitative estimate of drug-likeness (QED) is 0.858. The van der Waals surface area contributed by atoms with E-state index < -0.39 is 0 Å². The maximum absolute atomic E-state index is 13.1. The minimum atomic E-state index is -0.351. The average Bonchev–Trinajstić information content (AvgIpc) is 2.53. The third kappa shape index (κ3) is 3.24. The van der Waals surface area contributed by atoms with Crippen LogP contribution in [0.5, 0.6) is 0 Å². The lowest BCUT2D eigenvalue weighted by atomic mass is 9.91. The molecule has 1 N–H and O–H groups in total. The van der Waals surface area contributed by atoms with Gasteiger partial charge in [0.05, 0.1) is 5.02 Å². The molecular weight excluding hydrogens is 249 g/mol. The Morgan fingerprint density at radius 2 is 2.11 bits per heavy atom. The fraction of sp³-hybridized carbons (Fsp3) is 0.600. The first kappa shape index (κ1) is 13.8. The van der Waals surface area contributed by atoms with Crippen LogP contribution >= 0.6 is 11.6 Å². The molecule has 1 nitrogen and oxygen atoms in total. The van der Waals surface area contributed by atoms with Gasteiger partial charge in [0.15, 0.2) is 0 Å². The van der Waals surface area contributed by atoms with Crippen molar-refractivity contribution in [3.63, 3.8) is 0 Å². The van der Waals surface area contributed by atoms with Gasteiger partial charge in [0.1, 0.15) is 5.82 Å². The second-order valence-corrected chi connectivity index (χ2v) is 6.69. The molecule has 1 aromatic rings. The van der Waals surface area contributed by atoms with E-state index in [-0.39, 0.29) is 10.8 Å². The molecule has 0 bridgehead atoms. The summed E-state index contributed by atoms with van der Waals surface area (Å²) >= 11 is 5.78. The largest absolute Gasteiger partial charge is 0.310 e. The van der Waals surface area contributed by atoms with Gasteiger partial charge < -0.3 is 5.32 Å². The zero-order valence-electron chi connectivity index (χ0n) is 11.3. The number of benzene rings is 1. The number of hydrogen-bond acceptors (Lipinski definition) is 1. The molecule has 2 atom stereocenters. The molecule has 1 fully saturated rings. The molecule has 1 aliphatic carbocycles. The summed E-state index contributed by atoms with van der Waals surface area (Å²) in [7, 11) is 0. The van der Waals surface area contributed by atoms with Crippen molar-refractivity contribution in [3.8, 4) is 0 Å². The zero-order chi connectivity index (χ0) is 13.3. The summed E-state index contributed by atoms with van der Waals surface area (Å²) in [6.45, 7) is 7.69. The first-order valence-corrected chi connectivity index (χ1v) is 6.92. The van der Waals surface area contributed by atoms with Crippen LogP contribution in [-0.4, -0.2) is 6.04 Å². The normalized spacial score (nSPS) is 26.5. The van der Waals surface area contributed by atoms with Crippen molar-refractivity contribution in [2.45, 2.75) is 46.2 Å². The lowest BCUT2D eigenvalue weighted by Crippen LogP contribution is -2.31. The summed E-state index contributed by atoms with van der Waals surface area (Å²) in [5.74, 6) is 0.340. The van der Waals surface area contributed by atoms with E-state index in [0.717, 1.165) is 12.1 Å². The molecule has 0 aromatic heterocycles. The fourth-order valence-electron chi connectivity index (χ4n) is 3.07. The summed E-state index contributed by atoms with van der Waals surface area (Å²) in [5, 5.41) is 3.77. The van der Waals surface area contributed by atoms with Gasteiger partial charge in [-0.3, -0.25) is 0 Å². The van der Waals surface area contributed by atoms with Crippen molar-refractivity contribution in [1.29, 1.82) is 0 Å². The summed E-state index contributed by atoms with van der Waals surface area (Å²) < 4.78 is 13.1. The van der Waals surface area contributed by atoms with Crippen molar-refractivity contribution in [3.05, 3.63) is 34.6 Å². The van der Waals surface area contributed by atoms with Gasteiger partial charge in [-0.05, 0) is 41.9 Å². The molecule has 0 radical (unpaired) electrons.